The van der Waals surface area contributed by atoms with E-state index in [1.165, 1.54) is 11.8 Å². The van der Waals surface area contributed by atoms with Gasteiger partial charge in [0.05, 0.1) is 6.26 Å². The van der Waals surface area contributed by atoms with Crippen LogP contribution in [0.4, 0.5) is 0 Å². The largest absolute Gasteiger partial charge is 0.356 e. The first-order valence-corrected chi connectivity index (χ1v) is 12.7. The van der Waals surface area contributed by atoms with E-state index in [2.05, 4.69) is 52.5 Å². The summed E-state index contributed by atoms with van der Waals surface area (Å²) in [6.07, 6.45) is 5.43. The minimum atomic E-state index is -3.06. The third-order valence-corrected chi connectivity index (χ3v) is 7.89. The van der Waals surface area contributed by atoms with Crippen LogP contribution in [-0.4, -0.2) is 69.6 Å². The molecule has 2 unspecified atom stereocenters. The summed E-state index contributed by atoms with van der Waals surface area (Å²) in [5.74, 6) is 2.73. The molecule has 2 saturated heterocycles. The highest BCUT2D eigenvalue weighted by Crippen LogP contribution is 2.34. The second-order valence-corrected chi connectivity index (χ2v) is 10.4. The number of likely N-dealkylation sites (tertiary alicyclic amines) is 1. The number of rotatable bonds is 5. The Bertz CT molecular complexity index is 773. The number of benzene rings is 1. The third kappa shape index (κ3) is 5.72. The molecule has 7 heteroatoms. The van der Waals surface area contributed by atoms with Gasteiger partial charge in [-0.15, -0.1) is 0 Å². The molecule has 29 heavy (non-hydrogen) atoms. The van der Waals surface area contributed by atoms with Crippen LogP contribution < -0.4 is 5.32 Å². The number of hydrogen-bond acceptors (Lipinski definition) is 3. The fourth-order valence-electron chi connectivity index (χ4n) is 4.79. The fraction of sp³-hybridized carbons (Fsp3) is 0.682. The van der Waals surface area contributed by atoms with Crippen LogP contribution in [0.1, 0.15) is 44.1 Å². The van der Waals surface area contributed by atoms with Crippen molar-refractivity contribution in [3.8, 4) is 0 Å². The van der Waals surface area contributed by atoms with E-state index in [9.17, 15) is 8.42 Å². The Morgan fingerprint density at radius 3 is 2.41 bits per heavy atom. The fourth-order valence-corrected chi connectivity index (χ4v) is 5.66. The smallest absolute Gasteiger partial charge is 0.211 e. The van der Waals surface area contributed by atoms with Crippen LogP contribution in [0.3, 0.4) is 0 Å². The summed E-state index contributed by atoms with van der Waals surface area (Å²) in [5.41, 5.74) is 1.46. The summed E-state index contributed by atoms with van der Waals surface area (Å²) in [6.45, 7) is 6.45. The number of aliphatic imine (C=N–C) groups is 1. The monoisotopic (exact) mass is 420 g/mol. The Labute approximate surface area is 176 Å². The Hall–Kier alpha value is -1.60. The van der Waals surface area contributed by atoms with Crippen molar-refractivity contribution in [3.05, 3.63) is 35.9 Å². The average molecular weight is 421 g/mol. The topological polar surface area (TPSA) is 65.0 Å². The van der Waals surface area contributed by atoms with E-state index in [4.69, 9.17) is 0 Å². The van der Waals surface area contributed by atoms with Crippen molar-refractivity contribution in [2.75, 3.05) is 46.0 Å². The molecular formula is C22H36N4O2S. The SMILES string of the molecule is CCC1CN(C(=NC)NCC2CCN(S(C)(=O)=O)CC2)CCC1c1ccccc1. The van der Waals surface area contributed by atoms with E-state index in [1.54, 1.807) is 4.31 Å². The predicted octanol–water partition coefficient (Wildman–Crippen LogP) is 2.75. The molecule has 1 aromatic carbocycles. The van der Waals surface area contributed by atoms with Crippen LogP contribution in [0, 0.1) is 11.8 Å². The molecule has 2 aliphatic rings. The van der Waals surface area contributed by atoms with Crippen LogP contribution in [0.25, 0.3) is 0 Å². The maximum absolute atomic E-state index is 11.7. The lowest BCUT2D eigenvalue weighted by Crippen LogP contribution is -2.50. The van der Waals surface area contributed by atoms with Gasteiger partial charge >= 0.3 is 0 Å². The average Bonchev–Trinajstić information content (AvgIpc) is 2.74. The van der Waals surface area contributed by atoms with Crippen molar-refractivity contribution >= 4 is 16.0 Å². The minimum absolute atomic E-state index is 0.494. The molecule has 0 amide bonds. The van der Waals surface area contributed by atoms with Gasteiger partial charge in [-0.25, -0.2) is 12.7 Å². The lowest BCUT2D eigenvalue weighted by Gasteiger charge is -2.40. The molecule has 2 atom stereocenters. The number of piperidine rings is 2. The maximum Gasteiger partial charge on any atom is 0.211 e. The normalized spacial score (nSPS) is 25.2. The second-order valence-electron chi connectivity index (χ2n) is 8.45. The van der Waals surface area contributed by atoms with Gasteiger partial charge in [0.15, 0.2) is 5.96 Å². The molecule has 1 N–H and O–H groups in total. The highest BCUT2D eigenvalue weighted by atomic mass is 32.2. The summed E-state index contributed by atoms with van der Waals surface area (Å²) < 4.78 is 25.0. The van der Waals surface area contributed by atoms with E-state index >= 15 is 0 Å². The zero-order valence-corrected chi connectivity index (χ0v) is 18.9. The number of sulfonamides is 1. The molecule has 0 bridgehead atoms. The van der Waals surface area contributed by atoms with Crippen LogP contribution in [0.5, 0.6) is 0 Å². The predicted molar refractivity (Wildman–Crippen MR) is 120 cm³/mol. The van der Waals surface area contributed by atoms with E-state index in [0.29, 0.717) is 30.8 Å². The lowest BCUT2D eigenvalue weighted by atomic mass is 9.79. The van der Waals surface area contributed by atoms with E-state index in [-0.39, 0.29) is 0 Å². The van der Waals surface area contributed by atoms with E-state index < -0.39 is 10.0 Å². The quantitative estimate of drug-likeness (QED) is 0.588. The zero-order chi connectivity index (χ0) is 20.9. The Kier molecular flexibility index (Phi) is 7.57. The number of nitrogens with zero attached hydrogens (tertiary/aromatic N) is 3. The summed E-state index contributed by atoms with van der Waals surface area (Å²) in [7, 11) is -1.20. The minimum Gasteiger partial charge on any atom is -0.356 e. The van der Waals surface area contributed by atoms with Crippen molar-refractivity contribution in [1.29, 1.82) is 0 Å². The highest BCUT2D eigenvalue weighted by molar-refractivity contribution is 7.88. The first-order chi connectivity index (χ1) is 13.9. The van der Waals surface area contributed by atoms with Gasteiger partial charge in [-0.3, -0.25) is 4.99 Å². The molecule has 2 heterocycles. The number of hydrogen-bond donors (Lipinski definition) is 1. The molecule has 0 radical (unpaired) electrons. The van der Waals surface area contributed by atoms with Crippen LogP contribution in [-0.2, 0) is 10.0 Å². The zero-order valence-electron chi connectivity index (χ0n) is 18.0. The van der Waals surface area contributed by atoms with Crippen LogP contribution in [0.15, 0.2) is 35.3 Å². The molecule has 0 aliphatic carbocycles. The summed E-state index contributed by atoms with van der Waals surface area (Å²) in [5, 5.41) is 3.57. The molecule has 6 nitrogen and oxygen atoms in total. The Balaban J connectivity index is 1.52. The van der Waals surface area contributed by atoms with Gasteiger partial charge in [0.2, 0.25) is 10.0 Å². The van der Waals surface area contributed by atoms with Crippen molar-refractivity contribution in [3.63, 3.8) is 0 Å². The van der Waals surface area contributed by atoms with Gasteiger partial charge in [-0.2, -0.15) is 0 Å². The van der Waals surface area contributed by atoms with Crippen LogP contribution in [0.2, 0.25) is 0 Å². The van der Waals surface area contributed by atoms with Crippen LogP contribution >= 0.6 is 0 Å². The summed E-state index contributed by atoms with van der Waals surface area (Å²) >= 11 is 0. The molecule has 0 spiro atoms. The van der Waals surface area contributed by atoms with Gasteiger partial charge in [0.1, 0.15) is 0 Å². The van der Waals surface area contributed by atoms with Gasteiger partial charge in [-0.05, 0) is 42.6 Å². The molecule has 162 valence electrons. The Morgan fingerprint density at radius 2 is 1.83 bits per heavy atom. The van der Waals surface area contributed by atoms with Gasteiger partial charge in [0.25, 0.3) is 0 Å². The highest BCUT2D eigenvalue weighted by Gasteiger charge is 2.31. The third-order valence-electron chi connectivity index (χ3n) is 6.59. The van der Waals surface area contributed by atoms with Gasteiger partial charge in [-0.1, -0.05) is 43.7 Å². The summed E-state index contributed by atoms with van der Waals surface area (Å²) in [4.78, 5) is 6.94. The second kappa shape index (κ2) is 9.94. The first kappa shape index (κ1) is 22.1. The first-order valence-electron chi connectivity index (χ1n) is 10.9. The molecule has 2 fully saturated rings. The lowest BCUT2D eigenvalue weighted by molar-refractivity contribution is 0.213. The molecule has 0 saturated carbocycles. The van der Waals surface area contributed by atoms with Crippen molar-refractivity contribution < 1.29 is 8.42 Å². The van der Waals surface area contributed by atoms with Crippen molar-refractivity contribution in [2.24, 2.45) is 16.8 Å². The molecule has 0 aromatic heterocycles. The molecule has 3 rings (SSSR count). The number of nitrogens with one attached hydrogen (secondary N) is 1. The van der Waals surface area contributed by atoms with E-state index in [1.807, 2.05) is 7.05 Å². The van der Waals surface area contributed by atoms with Gasteiger partial charge < -0.3 is 10.2 Å². The van der Waals surface area contributed by atoms with E-state index in [0.717, 1.165) is 51.3 Å². The summed E-state index contributed by atoms with van der Waals surface area (Å²) in [6, 6.07) is 10.9. The number of guanidine groups is 1. The van der Waals surface area contributed by atoms with Crippen molar-refractivity contribution in [1.82, 2.24) is 14.5 Å². The molecular weight excluding hydrogens is 384 g/mol. The van der Waals surface area contributed by atoms with Crippen molar-refractivity contribution in [2.45, 2.75) is 38.5 Å². The maximum atomic E-state index is 11.7. The standard InChI is InChI=1S/C22H36N4O2S/c1-4-19-17-25(13-12-21(19)20-8-6-5-7-9-20)22(23-2)24-16-18-10-14-26(15-11-18)29(3,27)28/h5-9,18-19,21H,4,10-17H2,1-3H3,(H,23,24). The Morgan fingerprint density at radius 1 is 1.14 bits per heavy atom. The van der Waals surface area contributed by atoms with Gasteiger partial charge in [0, 0.05) is 39.8 Å². The molecule has 2 aliphatic heterocycles. The molecule has 1 aromatic rings.